The Morgan fingerprint density at radius 2 is 2.18 bits per heavy atom. The number of hydrogen-bond acceptors (Lipinski definition) is 4. The summed E-state index contributed by atoms with van der Waals surface area (Å²) in [5, 5.41) is 3.00. The van der Waals surface area contributed by atoms with Crippen LogP contribution >= 0.6 is 11.6 Å². The number of nitrogens with zero attached hydrogens (tertiary/aromatic N) is 1. The van der Waals surface area contributed by atoms with Crippen molar-refractivity contribution in [3.05, 3.63) is 28.8 Å². The van der Waals surface area contributed by atoms with Gasteiger partial charge in [0.05, 0.1) is 29.3 Å². The smallest absolute Gasteiger partial charge is 0.337 e. The molecule has 1 aromatic rings. The number of likely N-dealkylation sites (tertiary alicyclic amines) is 1. The summed E-state index contributed by atoms with van der Waals surface area (Å²) in [6, 6.07) is 4.49. The molecule has 1 atom stereocenters. The van der Waals surface area contributed by atoms with Crippen LogP contribution in [-0.2, 0) is 14.3 Å². The molecule has 6 nitrogen and oxygen atoms in total. The third-order valence-electron chi connectivity index (χ3n) is 3.61. The van der Waals surface area contributed by atoms with E-state index in [4.69, 9.17) is 11.6 Å². The van der Waals surface area contributed by atoms with Crippen LogP contribution in [0.15, 0.2) is 18.2 Å². The molecule has 7 heteroatoms. The third kappa shape index (κ3) is 3.39. The van der Waals surface area contributed by atoms with Crippen molar-refractivity contribution in [3.8, 4) is 0 Å². The normalized spacial score (nSPS) is 17.5. The number of anilines is 1. The van der Waals surface area contributed by atoms with Gasteiger partial charge in [-0.1, -0.05) is 11.6 Å². The Kier molecular flexibility index (Phi) is 5.03. The van der Waals surface area contributed by atoms with Crippen molar-refractivity contribution in [2.75, 3.05) is 25.5 Å². The van der Waals surface area contributed by atoms with Crippen molar-refractivity contribution in [3.63, 3.8) is 0 Å². The number of rotatable bonds is 4. The Bertz CT molecular complexity index is 618. The second-order valence-electron chi connectivity index (χ2n) is 5.01. The summed E-state index contributed by atoms with van der Waals surface area (Å²) in [6.07, 6.45) is 0.188. The summed E-state index contributed by atoms with van der Waals surface area (Å²) < 4.78 is 4.63. The molecule has 1 aromatic carbocycles. The number of halogens is 1. The van der Waals surface area contributed by atoms with Crippen LogP contribution in [-0.4, -0.2) is 42.9 Å². The van der Waals surface area contributed by atoms with Crippen LogP contribution in [0.3, 0.4) is 0 Å². The van der Waals surface area contributed by atoms with Crippen LogP contribution < -0.4 is 5.32 Å². The molecule has 1 unspecified atom stereocenters. The maximum atomic E-state index is 12.3. The zero-order valence-electron chi connectivity index (χ0n) is 12.4. The minimum absolute atomic E-state index is 0.0305. The molecule has 0 aliphatic carbocycles. The van der Waals surface area contributed by atoms with Gasteiger partial charge in [-0.2, -0.15) is 0 Å². The van der Waals surface area contributed by atoms with Crippen molar-refractivity contribution in [2.45, 2.75) is 13.3 Å². The zero-order valence-corrected chi connectivity index (χ0v) is 13.1. The van der Waals surface area contributed by atoms with E-state index >= 15 is 0 Å². The molecule has 0 spiro atoms. The van der Waals surface area contributed by atoms with E-state index in [1.54, 1.807) is 4.90 Å². The lowest BCUT2D eigenvalue weighted by Crippen LogP contribution is -2.28. The SMILES string of the molecule is CCN1CC(C(=O)Nc2cc(C(=O)OC)ccc2Cl)CC1=O. The monoisotopic (exact) mass is 324 g/mol. The van der Waals surface area contributed by atoms with Gasteiger partial charge < -0.3 is 15.0 Å². The van der Waals surface area contributed by atoms with E-state index in [-0.39, 0.29) is 18.2 Å². The highest BCUT2D eigenvalue weighted by atomic mass is 35.5. The van der Waals surface area contributed by atoms with Gasteiger partial charge >= 0.3 is 5.97 Å². The van der Waals surface area contributed by atoms with Gasteiger partial charge in [-0.05, 0) is 25.1 Å². The van der Waals surface area contributed by atoms with Crippen molar-refractivity contribution in [2.24, 2.45) is 5.92 Å². The summed E-state index contributed by atoms with van der Waals surface area (Å²) in [7, 11) is 1.28. The largest absolute Gasteiger partial charge is 0.465 e. The molecule has 2 rings (SSSR count). The van der Waals surface area contributed by atoms with E-state index in [1.165, 1.54) is 25.3 Å². The van der Waals surface area contributed by atoms with Crippen molar-refractivity contribution < 1.29 is 19.1 Å². The topological polar surface area (TPSA) is 75.7 Å². The van der Waals surface area contributed by atoms with Crippen LogP contribution in [0.5, 0.6) is 0 Å². The van der Waals surface area contributed by atoms with Crippen molar-refractivity contribution in [1.82, 2.24) is 4.90 Å². The molecule has 1 fully saturated rings. The van der Waals surface area contributed by atoms with Gasteiger partial charge in [-0.25, -0.2) is 4.79 Å². The van der Waals surface area contributed by atoms with Crippen molar-refractivity contribution in [1.29, 1.82) is 0 Å². The molecular formula is C15H17ClN2O4. The van der Waals surface area contributed by atoms with E-state index in [9.17, 15) is 14.4 Å². The van der Waals surface area contributed by atoms with Gasteiger partial charge in [0.1, 0.15) is 0 Å². The number of nitrogens with one attached hydrogen (secondary N) is 1. The summed E-state index contributed by atoms with van der Waals surface area (Å²) in [5.41, 5.74) is 0.622. The molecule has 2 amide bonds. The Morgan fingerprint density at radius 1 is 1.45 bits per heavy atom. The Hall–Kier alpha value is -2.08. The molecule has 0 aromatic heterocycles. The predicted molar refractivity (Wildman–Crippen MR) is 81.8 cm³/mol. The summed E-state index contributed by atoms with van der Waals surface area (Å²) in [4.78, 5) is 37.1. The quantitative estimate of drug-likeness (QED) is 0.859. The Morgan fingerprint density at radius 3 is 2.77 bits per heavy atom. The number of ether oxygens (including phenoxy) is 1. The highest BCUT2D eigenvalue weighted by Crippen LogP contribution is 2.26. The zero-order chi connectivity index (χ0) is 16.3. The van der Waals surface area contributed by atoms with Gasteiger partial charge in [0, 0.05) is 19.5 Å². The molecule has 1 saturated heterocycles. The minimum atomic E-state index is -0.514. The lowest BCUT2D eigenvalue weighted by Gasteiger charge is -2.14. The van der Waals surface area contributed by atoms with E-state index < -0.39 is 11.9 Å². The lowest BCUT2D eigenvalue weighted by molar-refractivity contribution is -0.128. The summed E-state index contributed by atoms with van der Waals surface area (Å²) in [6.45, 7) is 2.85. The fourth-order valence-corrected chi connectivity index (χ4v) is 2.52. The highest BCUT2D eigenvalue weighted by Gasteiger charge is 2.33. The van der Waals surface area contributed by atoms with E-state index in [0.717, 1.165) is 0 Å². The standard InChI is InChI=1S/C15H17ClN2O4/c1-3-18-8-10(7-13(18)19)14(20)17-12-6-9(15(21)22-2)4-5-11(12)16/h4-6,10H,3,7-8H2,1-2H3,(H,17,20). The van der Waals surface area contributed by atoms with Crippen LogP contribution in [0, 0.1) is 5.92 Å². The molecular weight excluding hydrogens is 308 g/mol. The molecule has 1 aliphatic rings. The third-order valence-corrected chi connectivity index (χ3v) is 3.94. The maximum Gasteiger partial charge on any atom is 0.337 e. The first-order valence-corrected chi connectivity index (χ1v) is 7.30. The van der Waals surface area contributed by atoms with E-state index in [1.807, 2.05) is 6.92 Å². The van der Waals surface area contributed by atoms with Crippen LogP contribution in [0.25, 0.3) is 0 Å². The molecule has 0 saturated carbocycles. The number of esters is 1. The first kappa shape index (κ1) is 16.3. The number of benzene rings is 1. The minimum Gasteiger partial charge on any atom is -0.465 e. The fraction of sp³-hybridized carbons (Fsp3) is 0.400. The number of carbonyl (C=O) groups excluding carboxylic acids is 3. The Labute approximate surface area is 133 Å². The first-order valence-electron chi connectivity index (χ1n) is 6.92. The molecule has 0 bridgehead atoms. The van der Waals surface area contributed by atoms with Gasteiger partial charge in [-0.15, -0.1) is 0 Å². The second kappa shape index (κ2) is 6.79. The number of amides is 2. The van der Waals surface area contributed by atoms with Crippen molar-refractivity contribution >= 4 is 35.1 Å². The van der Waals surface area contributed by atoms with Crippen LogP contribution in [0.1, 0.15) is 23.7 Å². The average Bonchev–Trinajstić information content (AvgIpc) is 2.89. The molecule has 1 heterocycles. The molecule has 0 radical (unpaired) electrons. The first-order chi connectivity index (χ1) is 10.5. The van der Waals surface area contributed by atoms with E-state index in [2.05, 4.69) is 10.1 Å². The van der Waals surface area contributed by atoms with Crippen LogP contribution in [0.2, 0.25) is 5.02 Å². The fourth-order valence-electron chi connectivity index (χ4n) is 2.35. The van der Waals surface area contributed by atoms with Crippen LogP contribution in [0.4, 0.5) is 5.69 Å². The van der Waals surface area contributed by atoms with Gasteiger partial charge in [0.2, 0.25) is 11.8 Å². The number of hydrogen-bond donors (Lipinski definition) is 1. The second-order valence-corrected chi connectivity index (χ2v) is 5.42. The maximum absolute atomic E-state index is 12.3. The molecule has 22 heavy (non-hydrogen) atoms. The predicted octanol–water partition coefficient (Wildman–Crippen LogP) is 1.93. The van der Waals surface area contributed by atoms with Gasteiger partial charge in [0.15, 0.2) is 0 Å². The van der Waals surface area contributed by atoms with E-state index in [0.29, 0.717) is 29.4 Å². The average molecular weight is 325 g/mol. The van der Waals surface area contributed by atoms with Gasteiger partial charge in [0.25, 0.3) is 0 Å². The Balaban J connectivity index is 2.12. The molecule has 1 aliphatic heterocycles. The molecule has 1 N–H and O–H groups in total. The molecule has 118 valence electrons. The number of carbonyl (C=O) groups is 3. The lowest BCUT2D eigenvalue weighted by atomic mass is 10.1. The highest BCUT2D eigenvalue weighted by molar-refractivity contribution is 6.33. The summed E-state index contributed by atoms with van der Waals surface area (Å²) in [5.74, 6) is -1.24. The van der Waals surface area contributed by atoms with Gasteiger partial charge in [-0.3, -0.25) is 9.59 Å². The summed E-state index contributed by atoms with van der Waals surface area (Å²) >= 11 is 6.04. The number of methoxy groups -OCH3 is 1.